The minimum atomic E-state index is -0.455. The lowest BCUT2D eigenvalue weighted by Gasteiger charge is -2.07. The summed E-state index contributed by atoms with van der Waals surface area (Å²) in [4.78, 5) is 24.1. The first kappa shape index (κ1) is 17.3. The Bertz CT molecular complexity index is 1130. The molecular weight excluding hydrogens is 360 g/mol. The third-order valence-corrected chi connectivity index (χ3v) is 4.36. The minimum Gasteiger partial charge on any atom is -0.455 e. The lowest BCUT2D eigenvalue weighted by molar-refractivity contribution is -0.384. The molecule has 4 rings (SSSR count). The Balaban J connectivity index is 1.54. The average molecular weight is 374 g/mol. The van der Waals surface area contributed by atoms with Gasteiger partial charge in [-0.25, -0.2) is 0 Å². The van der Waals surface area contributed by atoms with Crippen LogP contribution in [0.4, 0.5) is 11.4 Å². The molecule has 2 heterocycles. The molecule has 0 fully saturated rings. The number of carbonyl (C=O) groups excluding carboxylic acids is 1. The van der Waals surface area contributed by atoms with Crippen molar-refractivity contribution in [3.63, 3.8) is 0 Å². The zero-order valence-electron chi connectivity index (χ0n) is 14.8. The van der Waals surface area contributed by atoms with E-state index in [1.54, 1.807) is 31.3 Å². The summed E-state index contributed by atoms with van der Waals surface area (Å²) in [5.41, 5.74) is 2.52. The van der Waals surface area contributed by atoms with Crippen LogP contribution in [0, 0.1) is 10.1 Å². The van der Waals surface area contributed by atoms with E-state index in [1.165, 1.54) is 23.2 Å². The number of non-ortho nitro benzene ring substituents is 1. The molecule has 0 spiro atoms. The lowest BCUT2D eigenvalue weighted by Crippen LogP contribution is -2.25. The first-order chi connectivity index (χ1) is 13.5. The first-order valence-electron chi connectivity index (χ1n) is 8.38. The molecule has 8 heteroatoms. The number of hydrogen-bond donors (Lipinski definition) is 0. The van der Waals surface area contributed by atoms with Crippen molar-refractivity contribution in [2.75, 3.05) is 11.9 Å². The fourth-order valence-corrected chi connectivity index (χ4v) is 2.91. The highest BCUT2D eigenvalue weighted by atomic mass is 16.6. The summed E-state index contributed by atoms with van der Waals surface area (Å²) in [6.45, 7) is 0. The second kappa shape index (κ2) is 6.92. The number of anilines is 1. The Kier molecular flexibility index (Phi) is 4.29. The maximum absolute atomic E-state index is 12.3. The Morgan fingerprint density at radius 2 is 1.82 bits per heavy atom. The predicted molar refractivity (Wildman–Crippen MR) is 105 cm³/mol. The molecule has 2 aromatic carbocycles. The van der Waals surface area contributed by atoms with Crippen LogP contribution in [0.3, 0.4) is 0 Å². The van der Waals surface area contributed by atoms with Gasteiger partial charge in [-0.1, -0.05) is 18.2 Å². The van der Waals surface area contributed by atoms with E-state index in [-0.39, 0.29) is 17.3 Å². The third-order valence-electron chi connectivity index (χ3n) is 4.36. The van der Waals surface area contributed by atoms with Crippen LogP contribution >= 0.6 is 0 Å². The van der Waals surface area contributed by atoms with Crippen molar-refractivity contribution in [3.05, 3.63) is 82.1 Å². The zero-order chi connectivity index (χ0) is 19.7. The molecule has 1 aromatic heterocycles. The fraction of sp³-hybridized carbons (Fsp3) is 0.0500. The number of fused-ring (bicyclic) bond motifs is 1. The number of nitro groups is 1. The van der Waals surface area contributed by atoms with Gasteiger partial charge in [0.05, 0.1) is 16.8 Å². The van der Waals surface area contributed by atoms with Gasteiger partial charge in [-0.15, -0.1) is 5.10 Å². The molecule has 0 unspecified atom stereocenters. The minimum absolute atomic E-state index is 0.0133. The Labute approximate surface area is 159 Å². The second-order valence-electron chi connectivity index (χ2n) is 6.08. The van der Waals surface area contributed by atoms with Crippen molar-refractivity contribution in [1.82, 2.24) is 0 Å². The van der Waals surface area contributed by atoms with Crippen molar-refractivity contribution in [3.8, 4) is 11.3 Å². The Morgan fingerprint density at radius 3 is 2.57 bits per heavy atom. The summed E-state index contributed by atoms with van der Waals surface area (Å²) in [5.74, 6) is 0.778. The zero-order valence-corrected chi connectivity index (χ0v) is 14.8. The second-order valence-corrected chi connectivity index (χ2v) is 6.08. The summed E-state index contributed by atoms with van der Waals surface area (Å²) in [5, 5.41) is 18.8. The molecule has 0 saturated heterocycles. The molecule has 0 N–H and O–H groups in total. The van der Waals surface area contributed by atoms with E-state index in [4.69, 9.17) is 4.42 Å². The van der Waals surface area contributed by atoms with E-state index < -0.39 is 4.92 Å². The van der Waals surface area contributed by atoms with Crippen LogP contribution in [0.1, 0.15) is 11.3 Å². The molecule has 1 aliphatic rings. The number of para-hydroxylation sites is 1. The maximum atomic E-state index is 12.3. The van der Waals surface area contributed by atoms with Crippen LogP contribution in [-0.4, -0.2) is 29.8 Å². The normalized spacial score (nSPS) is 14.8. The van der Waals surface area contributed by atoms with Gasteiger partial charge < -0.3 is 9.32 Å². The van der Waals surface area contributed by atoms with Gasteiger partial charge in [0.25, 0.3) is 11.6 Å². The molecule has 1 aliphatic heterocycles. The Morgan fingerprint density at radius 1 is 1.07 bits per heavy atom. The summed E-state index contributed by atoms with van der Waals surface area (Å²) in [7, 11) is 1.69. The smallest absolute Gasteiger partial charge is 0.279 e. The highest BCUT2D eigenvalue weighted by Crippen LogP contribution is 2.28. The summed E-state index contributed by atoms with van der Waals surface area (Å²) in [6, 6.07) is 16.9. The van der Waals surface area contributed by atoms with Crippen LogP contribution < -0.4 is 4.90 Å². The number of nitrogens with zero attached hydrogens (tertiary/aromatic N) is 4. The van der Waals surface area contributed by atoms with Crippen molar-refractivity contribution < 1.29 is 14.1 Å². The average Bonchev–Trinajstić information content (AvgIpc) is 3.27. The number of carbonyl (C=O) groups is 1. The number of nitro benzene ring substituents is 1. The molecule has 28 heavy (non-hydrogen) atoms. The first-order valence-corrected chi connectivity index (χ1v) is 8.38. The highest BCUT2D eigenvalue weighted by Gasteiger charge is 2.30. The van der Waals surface area contributed by atoms with E-state index >= 15 is 0 Å². The molecule has 1 amide bonds. The monoisotopic (exact) mass is 374 g/mol. The molecule has 0 aliphatic carbocycles. The molecule has 3 aromatic rings. The highest BCUT2D eigenvalue weighted by molar-refractivity contribution is 6.54. The number of likely N-dealkylation sites (N-methyl/N-ethyl adjacent to an activating group) is 1. The molecule has 0 atom stereocenters. The quantitative estimate of drug-likeness (QED) is 0.395. The summed E-state index contributed by atoms with van der Waals surface area (Å²) < 4.78 is 5.67. The number of hydrogen-bond acceptors (Lipinski definition) is 6. The van der Waals surface area contributed by atoms with Gasteiger partial charge in [-0.3, -0.25) is 14.9 Å². The largest absolute Gasteiger partial charge is 0.455 e. The van der Waals surface area contributed by atoms with Gasteiger partial charge >= 0.3 is 0 Å². The summed E-state index contributed by atoms with van der Waals surface area (Å²) in [6.07, 6.45) is 1.41. The number of benzene rings is 2. The van der Waals surface area contributed by atoms with E-state index in [0.717, 1.165) is 11.3 Å². The van der Waals surface area contributed by atoms with E-state index in [0.29, 0.717) is 17.1 Å². The molecule has 0 bridgehead atoms. The van der Waals surface area contributed by atoms with Gasteiger partial charge in [0.1, 0.15) is 11.5 Å². The fourth-order valence-electron chi connectivity index (χ4n) is 2.91. The van der Waals surface area contributed by atoms with Crippen LogP contribution in [0.15, 0.2) is 75.3 Å². The number of furan rings is 1. The van der Waals surface area contributed by atoms with E-state index in [2.05, 4.69) is 10.2 Å². The van der Waals surface area contributed by atoms with Crippen molar-refractivity contribution >= 4 is 29.2 Å². The maximum Gasteiger partial charge on any atom is 0.279 e. The number of rotatable bonds is 4. The summed E-state index contributed by atoms with van der Waals surface area (Å²) >= 11 is 0. The van der Waals surface area contributed by atoms with Crippen molar-refractivity contribution in [1.29, 1.82) is 0 Å². The molecule has 0 saturated carbocycles. The number of amides is 1. The standard InChI is InChI=1S/C20H14N4O4/c1-23-17-5-3-2-4-16(17)19(20(23)25)22-21-12-15-10-11-18(28-15)13-6-8-14(9-7-13)24(26)27/h2-12H,1H3/b21-12-,22-19+. The van der Waals surface area contributed by atoms with Gasteiger partial charge in [-0.05, 0) is 30.3 Å². The van der Waals surface area contributed by atoms with Gasteiger partial charge in [0.2, 0.25) is 0 Å². The molecule has 8 nitrogen and oxygen atoms in total. The Hall–Kier alpha value is -4.07. The van der Waals surface area contributed by atoms with E-state index in [9.17, 15) is 14.9 Å². The van der Waals surface area contributed by atoms with Crippen LogP contribution in [0.5, 0.6) is 0 Å². The topological polar surface area (TPSA) is 101 Å². The SMILES string of the molecule is CN1C(=O)/C(=N/N=C\c2ccc(-c3ccc([N+](=O)[O-])cc3)o2)c2ccccc21. The molecule has 0 radical (unpaired) electrons. The van der Waals surface area contributed by atoms with Crippen molar-refractivity contribution in [2.45, 2.75) is 0 Å². The van der Waals surface area contributed by atoms with Gasteiger partial charge in [0, 0.05) is 30.3 Å². The molecular formula is C20H14N4O4. The third kappa shape index (κ3) is 3.07. The van der Waals surface area contributed by atoms with Crippen LogP contribution in [0.2, 0.25) is 0 Å². The molecule has 138 valence electrons. The van der Waals surface area contributed by atoms with Gasteiger partial charge in [-0.2, -0.15) is 5.10 Å². The van der Waals surface area contributed by atoms with Crippen LogP contribution in [0.25, 0.3) is 11.3 Å². The van der Waals surface area contributed by atoms with Crippen molar-refractivity contribution in [2.24, 2.45) is 10.2 Å². The van der Waals surface area contributed by atoms with Gasteiger partial charge in [0.15, 0.2) is 5.71 Å². The lowest BCUT2D eigenvalue weighted by atomic mass is 10.1. The van der Waals surface area contributed by atoms with Crippen LogP contribution in [-0.2, 0) is 4.79 Å². The van der Waals surface area contributed by atoms with E-state index in [1.807, 2.05) is 24.3 Å². The predicted octanol–water partition coefficient (Wildman–Crippen LogP) is 3.65.